The summed E-state index contributed by atoms with van der Waals surface area (Å²) < 4.78 is 6.43. The van der Waals surface area contributed by atoms with E-state index in [1.165, 1.54) is 17.3 Å². The zero-order valence-corrected chi connectivity index (χ0v) is 12.6. The lowest BCUT2D eigenvalue weighted by Gasteiger charge is -2.08. The van der Waals surface area contributed by atoms with E-state index < -0.39 is 0 Å². The summed E-state index contributed by atoms with van der Waals surface area (Å²) >= 11 is 4.97. The third kappa shape index (κ3) is 3.57. The maximum absolute atomic E-state index is 5.39. The van der Waals surface area contributed by atoms with Crippen molar-refractivity contribution in [2.45, 2.75) is 30.5 Å². The van der Waals surface area contributed by atoms with Crippen molar-refractivity contribution in [1.82, 2.24) is 15.5 Å². The lowest BCUT2D eigenvalue weighted by Crippen LogP contribution is -2.12. The molecular formula is C12H14BrN3OS. The SMILES string of the molecule is CCNCc1ccc(Br)cc1Sc1nnc(C)o1. The Labute approximate surface area is 119 Å². The monoisotopic (exact) mass is 327 g/mol. The lowest BCUT2D eigenvalue weighted by molar-refractivity contribution is 0.429. The van der Waals surface area contributed by atoms with E-state index in [-0.39, 0.29) is 0 Å². The second-order valence-electron chi connectivity index (χ2n) is 3.72. The maximum atomic E-state index is 5.39. The number of hydrogen-bond acceptors (Lipinski definition) is 5. The van der Waals surface area contributed by atoms with Crippen molar-refractivity contribution in [2.24, 2.45) is 0 Å². The summed E-state index contributed by atoms with van der Waals surface area (Å²) in [7, 11) is 0. The van der Waals surface area contributed by atoms with Gasteiger partial charge in [-0.25, -0.2) is 0 Å². The summed E-state index contributed by atoms with van der Waals surface area (Å²) in [4.78, 5) is 1.12. The molecule has 0 radical (unpaired) electrons. The molecule has 18 heavy (non-hydrogen) atoms. The van der Waals surface area contributed by atoms with Gasteiger partial charge in [0.1, 0.15) is 0 Å². The zero-order chi connectivity index (χ0) is 13.0. The normalized spacial score (nSPS) is 10.8. The molecule has 0 bridgehead atoms. The number of hydrogen-bond donors (Lipinski definition) is 1. The van der Waals surface area contributed by atoms with Crippen LogP contribution in [0.3, 0.4) is 0 Å². The Hall–Kier alpha value is -0.850. The predicted molar refractivity (Wildman–Crippen MR) is 74.7 cm³/mol. The Morgan fingerprint density at radius 3 is 2.89 bits per heavy atom. The zero-order valence-electron chi connectivity index (χ0n) is 10.2. The van der Waals surface area contributed by atoms with Crippen LogP contribution in [0.5, 0.6) is 0 Å². The highest BCUT2D eigenvalue weighted by Gasteiger charge is 2.09. The van der Waals surface area contributed by atoms with Gasteiger partial charge in [-0.1, -0.05) is 28.9 Å². The molecule has 0 fully saturated rings. The van der Waals surface area contributed by atoms with E-state index in [2.05, 4.69) is 50.5 Å². The van der Waals surface area contributed by atoms with E-state index >= 15 is 0 Å². The molecule has 1 heterocycles. The first kappa shape index (κ1) is 13.6. The lowest BCUT2D eigenvalue weighted by atomic mass is 10.2. The molecule has 0 unspecified atom stereocenters. The Balaban J connectivity index is 2.21. The summed E-state index contributed by atoms with van der Waals surface area (Å²) in [6.07, 6.45) is 0. The summed E-state index contributed by atoms with van der Waals surface area (Å²) in [6, 6.07) is 6.20. The second kappa shape index (κ2) is 6.36. The highest BCUT2D eigenvalue weighted by molar-refractivity contribution is 9.10. The van der Waals surface area contributed by atoms with Gasteiger partial charge in [0.25, 0.3) is 5.22 Å². The molecule has 2 aromatic rings. The van der Waals surface area contributed by atoms with Gasteiger partial charge in [-0.05, 0) is 36.0 Å². The average Bonchev–Trinajstić information content (AvgIpc) is 2.74. The van der Waals surface area contributed by atoms with Crippen LogP contribution in [-0.2, 0) is 6.54 Å². The molecule has 0 amide bonds. The van der Waals surface area contributed by atoms with Crippen molar-refractivity contribution >= 4 is 27.7 Å². The van der Waals surface area contributed by atoms with Crippen LogP contribution in [0.25, 0.3) is 0 Å². The Morgan fingerprint density at radius 1 is 1.39 bits per heavy atom. The van der Waals surface area contributed by atoms with Crippen LogP contribution in [0.1, 0.15) is 18.4 Å². The Kier molecular flexibility index (Phi) is 4.79. The van der Waals surface area contributed by atoms with Crippen molar-refractivity contribution in [3.63, 3.8) is 0 Å². The highest BCUT2D eigenvalue weighted by atomic mass is 79.9. The molecule has 0 spiro atoms. The highest BCUT2D eigenvalue weighted by Crippen LogP contribution is 2.31. The minimum Gasteiger partial charge on any atom is -0.416 e. The number of aromatic nitrogens is 2. The van der Waals surface area contributed by atoms with Gasteiger partial charge in [0.2, 0.25) is 5.89 Å². The largest absolute Gasteiger partial charge is 0.416 e. The van der Waals surface area contributed by atoms with Gasteiger partial charge in [-0.15, -0.1) is 10.2 Å². The van der Waals surface area contributed by atoms with E-state index in [4.69, 9.17) is 4.42 Å². The van der Waals surface area contributed by atoms with E-state index in [1.807, 2.05) is 6.07 Å². The minimum atomic E-state index is 0.573. The van der Waals surface area contributed by atoms with E-state index in [9.17, 15) is 0 Å². The fraction of sp³-hybridized carbons (Fsp3) is 0.333. The number of nitrogens with one attached hydrogen (secondary N) is 1. The average molecular weight is 328 g/mol. The first-order valence-electron chi connectivity index (χ1n) is 5.66. The van der Waals surface area contributed by atoms with Crippen LogP contribution in [0.4, 0.5) is 0 Å². The summed E-state index contributed by atoms with van der Waals surface area (Å²) in [5.74, 6) is 0.584. The first-order chi connectivity index (χ1) is 8.69. The molecule has 96 valence electrons. The van der Waals surface area contributed by atoms with Crippen LogP contribution in [0.2, 0.25) is 0 Å². The fourth-order valence-corrected chi connectivity index (χ4v) is 2.84. The van der Waals surface area contributed by atoms with Gasteiger partial charge >= 0.3 is 0 Å². The van der Waals surface area contributed by atoms with Gasteiger partial charge in [0, 0.05) is 22.8 Å². The molecule has 1 aromatic heterocycles. The smallest absolute Gasteiger partial charge is 0.281 e. The molecular weight excluding hydrogens is 314 g/mol. The minimum absolute atomic E-state index is 0.573. The van der Waals surface area contributed by atoms with Crippen molar-refractivity contribution in [3.05, 3.63) is 34.1 Å². The van der Waals surface area contributed by atoms with Crippen molar-refractivity contribution in [2.75, 3.05) is 6.54 Å². The van der Waals surface area contributed by atoms with Crippen molar-refractivity contribution < 1.29 is 4.42 Å². The van der Waals surface area contributed by atoms with Crippen LogP contribution >= 0.6 is 27.7 Å². The Bertz CT molecular complexity index is 530. The second-order valence-corrected chi connectivity index (χ2v) is 5.63. The van der Waals surface area contributed by atoms with Crippen LogP contribution in [-0.4, -0.2) is 16.7 Å². The predicted octanol–water partition coefficient (Wildman–Crippen LogP) is 3.40. The molecule has 6 heteroatoms. The summed E-state index contributed by atoms with van der Waals surface area (Å²) in [5.41, 5.74) is 1.22. The molecule has 0 saturated carbocycles. The number of benzene rings is 1. The van der Waals surface area contributed by atoms with Gasteiger partial charge in [-0.2, -0.15) is 0 Å². The summed E-state index contributed by atoms with van der Waals surface area (Å²) in [6.45, 7) is 5.66. The van der Waals surface area contributed by atoms with Crippen molar-refractivity contribution in [1.29, 1.82) is 0 Å². The van der Waals surface area contributed by atoms with Gasteiger partial charge in [0.05, 0.1) is 0 Å². The molecule has 0 aliphatic carbocycles. The molecule has 4 nitrogen and oxygen atoms in total. The molecule has 1 aromatic carbocycles. The molecule has 0 saturated heterocycles. The van der Waals surface area contributed by atoms with Gasteiger partial charge in [0.15, 0.2) is 0 Å². The Morgan fingerprint density at radius 2 is 2.22 bits per heavy atom. The van der Waals surface area contributed by atoms with Crippen molar-refractivity contribution in [3.8, 4) is 0 Å². The number of halogens is 1. The molecule has 0 aliphatic rings. The van der Waals surface area contributed by atoms with Gasteiger partial charge < -0.3 is 9.73 Å². The van der Waals surface area contributed by atoms with Crippen LogP contribution in [0, 0.1) is 6.92 Å². The van der Waals surface area contributed by atoms with Crippen LogP contribution < -0.4 is 5.32 Å². The third-order valence-corrected chi connectivity index (χ3v) is 3.73. The first-order valence-corrected chi connectivity index (χ1v) is 7.27. The number of nitrogens with zero attached hydrogens (tertiary/aromatic N) is 2. The van der Waals surface area contributed by atoms with Gasteiger partial charge in [-0.3, -0.25) is 0 Å². The molecule has 2 rings (SSSR count). The molecule has 0 aliphatic heterocycles. The maximum Gasteiger partial charge on any atom is 0.281 e. The van der Waals surface area contributed by atoms with Crippen LogP contribution in [0.15, 0.2) is 37.2 Å². The molecule has 0 atom stereocenters. The number of rotatable bonds is 5. The topological polar surface area (TPSA) is 51.0 Å². The summed E-state index contributed by atoms with van der Waals surface area (Å²) in [5, 5.41) is 11.7. The van der Waals surface area contributed by atoms with E-state index in [1.54, 1.807) is 6.92 Å². The quantitative estimate of drug-likeness (QED) is 0.912. The number of aryl methyl sites for hydroxylation is 1. The van der Waals surface area contributed by atoms with E-state index in [0.717, 1.165) is 22.5 Å². The third-order valence-electron chi connectivity index (χ3n) is 2.30. The van der Waals surface area contributed by atoms with E-state index in [0.29, 0.717) is 11.1 Å². The molecule has 1 N–H and O–H groups in total. The fourth-order valence-electron chi connectivity index (χ4n) is 1.44. The standard InChI is InChI=1S/C12H14BrN3OS/c1-3-14-7-9-4-5-10(13)6-11(9)18-12-16-15-8(2)17-12/h4-6,14H,3,7H2,1-2H3.